The molecule has 22 heavy (non-hydrogen) atoms. The van der Waals surface area contributed by atoms with E-state index in [4.69, 9.17) is 21.1 Å². The van der Waals surface area contributed by atoms with E-state index >= 15 is 0 Å². The van der Waals surface area contributed by atoms with Gasteiger partial charge < -0.3 is 19.7 Å². The standard InChI is InChI=1S/C17H25ClN2O2/c1-2-3-15-14-16(18)4-5-17(15)22-11-7-19-6-8-20-9-12-21-13-10-20/h2,4-5,14,19H,1,3,6-13H2/p+2. The summed E-state index contributed by atoms with van der Waals surface area (Å²) in [6.45, 7) is 11.9. The fourth-order valence-electron chi connectivity index (χ4n) is 2.62. The van der Waals surface area contributed by atoms with E-state index in [1.165, 1.54) is 6.54 Å². The van der Waals surface area contributed by atoms with E-state index in [9.17, 15) is 0 Å². The molecule has 0 aliphatic carbocycles. The van der Waals surface area contributed by atoms with E-state index in [2.05, 4.69) is 11.9 Å². The third kappa shape index (κ3) is 5.97. The molecule has 1 fully saturated rings. The number of hydrogen-bond donors (Lipinski definition) is 2. The highest BCUT2D eigenvalue weighted by Crippen LogP contribution is 2.23. The van der Waals surface area contributed by atoms with Gasteiger partial charge >= 0.3 is 0 Å². The van der Waals surface area contributed by atoms with Gasteiger partial charge in [-0.3, -0.25) is 0 Å². The average Bonchev–Trinajstić information content (AvgIpc) is 2.54. The summed E-state index contributed by atoms with van der Waals surface area (Å²) < 4.78 is 11.2. The van der Waals surface area contributed by atoms with Crippen LogP contribution in [0.15, 0.2) is 30.9 Å². The Hall–Kier alpha value is -1.07. The van der Waals surface area contributed by atoms with Crippen LogP contribution in [-0.2, 0) is 11.2 Å². The Morgan fingerprint density at radius 3 is 2.91 bits per heavy atom. The fraction of sp³-hybridized carbons (Fsp3) is 0.529. The minimum Gasteiger partial charge on any atom is -0.487 e. The normalized spacial score (nSPS) is 15.7. The fourth-order valence-corrected chi connectivity index (χ4v) is 2.81. The molecule has 4 nitrogen and oxygen atoms in total. The van der Waals surface area contributed by atoms with Gasteiger partial charge in [0, 0.05) is 5.02 Å². The summed E-state index contributed by atoms with van der Waals surface area (Å²) in [7, 11) is 0. The summed E-state index contributed by atoms with van der Waals surface area (Å²) in [6, 6.07) is 5.76. The van der Waals surface area contributed by atoms with Crippen molar-refractivity contribution in [1.82, 2.24) is 0 Å². The van der Waals surface area contributed by atoms with Crippen LogP contribution in [0, 0.1) is 0 Å². The zero-order valence-electron chi connectivity index (χ0n) is 13.2. The van der Waals surface area contributed by atoms with Crippen LogP contribution in [-0.4, -0.2) is 52.5 Å². The van der Waals surface area contributed by atoms with Gasteiger partial charge in [0.25, 0.3) is 0 Å². The second-order valence-corrected chi connectivity index (χ2v) is 6.01. The molecular formula is C17H27ClN2O2+2. The number of allylic oxidation sites excluding steroid dienone is 1. The number of morpholine rings is 1. The van der Waals surface area contributed by atoms with Crippen LogP contribution in [0.1, 0.15) is 5.56 Å². The molecule has 0 radical (unpaired) electrons. The van der Waals surface area contributed by atoms with Crippen molar-refractivity contribution in [2.75, 3.05) is 52.5 Å². The minimum atomic E-state index is 0.713. The molecule has 0 unspecified atom stereocenters. The second-order valence-electron chi connectivity index (χ2n) is 5.57. The molecule has 0 spiro atoms. The maximum Gasteiger partial charge on any atom is 0.137 e. The lowest BCUT2D eigenvalue weighted by Gasteiger charge is -2.22. The van der Waals surface area contributed by atoms with Crippen LogP contribution >= 0.6 is 11.6 Å². The number of ether oxygens (including phenoxy) is 2. The van der Waals surface area contributed by atoms with E-state index in [1.807, 2.05) is 24.3 Å². The number of quaternary nitrogens is 2. The number of halogens is 1. The summed E-state index contributed by atoms with van der Waals surface area (Å²) in [5.74, 6) is 0.913. The average molecular weight is 327 g/mol. The molecule has 0 aromatic heterocycles. The summed E-state index contributed by atoms with van der Waals surface area (Å²) in [5, 5.41) is 3.07. The molecule has 3 N–H and O–H groups in total. The Bertz CT molecular complexity index is 462. The van der Waals surface area contributed by atoms with Crippen LogP contribution < -0.4 is 15.0 Å². The molecule has 1 aromatic carbocycles. The number of hydrogen-bond acceptors (Lipinski definition) is 2. The molecule has 1 saturated heterocycles. The molecule has 0 saturated carbocycles. The first-order chi connectivity index (χ1) is 10.8. The summed E-state index contributed by atoms with van der Waals surface area (Å²) in [5.41, 5.74) is 1.10. The Labute approximate surface area is 138 Å². The van der Waals surface area contributed by atoms with Gasteiger partial charge in [0.05, 0.1) is 13.2 Å². The van der Waals surface area contributed by atoms with E-state index in [-0.39, 0.29) is 0 Å². The van der Waals surface area contributed by atoms with Crippen molar-refractivity contribution in [3.8, 4) is 5.75 Å². The van der Waals surface area contributed by atoms with Crippen molar-refractivity contribution in [2.24, 2.45) is 0 Å². The van der Waals surface area contributed by atoms with E-state index in [0.29, 0.717) is 6.61 Å². The third-order valence-electron chi connectivity index (χ3n) is 3.87. The molecule has 1 aliphatic heterocycles. The monoisotopic (exact) mass is 326 g/mol. The molecule has 0 amide bonds. The van der Waals surface area contributed by atoms with Gasteiger partial charge in [-0.15, -0.1) is 6.58 Å². The van der Waals surface area contributed by atoms with Crippen LogP contribution in [0.3, 0.4) is 0 Å². The molecule has 0 atom stereocenters. The van der Waals surface area contributed by atoms with E-state index < -0.39 is 0 Å². The van der Waals surface area contributed by atoms with Crippen molar-refractivity contribution in [2.45, 2.75) is 6.42 Å². The van der Waals surface area contributed by atoms with Gasteiger partial charge in [-0.25, -0.2) is 0 Å². The van der Waals surface area contributed by atoms with Crippen LogP contribution in [0.4, 0.5) is 0 Å². The van der Waals surface area contributed by atoms with Crippen molar-refractivity contribution in [3.63, 3.8) is 0 Å². The van der Waals surface area contributed by atoms with Crippen molar-refractivity contribution in [1.29, 1.82) is 0 Å². The van der Waals surface area contributed by atoms with Crippen LogP contribution in [0.2, 0.25) is 5.02 Å². The molecule has 1 aliphatic rings. The highest BCUT2D eigenvalue weighted by Gasteiger charge is 2.13. The molecule has 0 bridgehead atoms. The first kappa shape index (κ1) is 17.3. The Kier molecular flexibility index (Phi) is 7.74. The molecule has 2 rings (SSSR count). The summed E-state index contributed by atoms with van der Waals surface area (Å²) in [6.07, 6.45) is 2.65. The zero-order chi connectivity index (χ0) is 15.6. The van der Waals surface area contributed by atoms with Crippen molar-refractivity contribution in [3.05, 3.63) is 41.4 Å². The van der Waals surface area contributed by atoms with E-state index in [0.717, 1.165) is 62.1 Å². The van der Waals surface area contributed by atoms with Crippen molar-refractivity contribution < 1.29 is 19.7 Å². The lowest BCUT2D eigenvalue weighted by Crippen LogP contribution is -3.16. The number of rotatable bonds is 9. The van der Waals surface area contributed by atoms with Crippen molar-refractivity contribution >= 4 is 11.6 Å². The number of nitrogens with one attached hydrogen (secondary N) is 1. The zero-order valence-corrected chi connectivity index (χ0v) is 13.9. The topological polar surface area (TPSA) is 39.5 Å². The quantitative estimate of drug-likeness (QED) is 0.492. The predicted octanol–water partition coefficient (Wildman–Crippen LogP) is -0.0742. The molecule has 1 aromatic rings. The largest absolute Gasteiger partial charge is 0.487 e. The Morgan fingerprint density at radius 2 is 2.14 bits per heavy atom. The maximum atomic E-state index is 6.02. The van der Waals surface area contributed by atoms with Gasteiger partial charge in [0.1, 0.15) is 45.1 Å². The summed E-state index contributed by atoms with van der Waals surface area (Å²) >= 11 is 6.02. The summed E-state index contributed by atoms with van der Waals surface area (Å²) in [4.78, 5) is 1.65. The molecule has 122 valence electrons. The first-order valence-corrected chi connectivity index (χ1v) is 8.42. The predicted molar refractivity (Wildman–Crippen MR) is 88.9 cm³/mol. The van der Waals surface area contributed by atoms with Crippen LogP contribution in [0.5, 0.6) is 5.75 Å². The first-order valence-electron chi connectivity index (χ1n) is 8.04. The highest BCUT2D eigenvalue weighted by molar-refractivity contribution is 6.30. The smallest absolute Gasteiger partial charge is 0.137 e. The number of nitrogens with two attached hydrogens (primary N) is 1. The van der Waals surface area contributed by atoms with Gasteiger partial charge in [-0.05, 0) is 30.2 Å². The van der Waals surface area contributed by atoms with Gasteiger partial charge in [-0.1, -0.05) is 17.7 Å². The second kappa shape index (κ2) is 9.85. The van der Waals surface area contributed by atoms with Crippen LogP contribution in [0.25, 0.3) is 0 Å². The Morgan fingerprint density at radius 1 is 1.32 bits per heavy atom. The van der Waals surface area contributed by atoms with Gasteiger partial charge in [-0.2, -0.15) is 0 Å². The number of benzene rings is 1. The highest BCUT2D eigenvalue weighted by atomic mass is 35.5. The lowest BCUT2D eigenvalue weighted by atomic mass is 10.1. The lowest BCUT2D eigenvalue weighted by molar-refractivity contribution is -0.919. The van der Waals surface area contributed by atoms with E-state index in [1.54, 1.807) is 4.90 Å². The minimum absolute atomic E-state index is 0.713. The molecule has 5 heteroatoms. The Balaban J connectivity index is 1.62. The SMILES string of the molecule is C=CCc1cc(Cl)ccc1OCC[NH2+]CC[NH+]1CCOCC1. The van der Waals surface area contributed by atoms with Gasteiger partial charge in [0.2, 0.25) is 0 Å². The molecule has 1 heterocycles. The maximum absolute atomic E-state index is 6.02. The van der Waals surface area contributed by atoms with Gasteiger partial charge in [0.15, 0.2) is 0 Å². The third-order valence-corrected chi connectivity index (χ3v) is 4.10. The molecular weight excluding hydrogens is 300 g/mol.